The molecule has 0 aromatic heterocycles. The number of aliphatic hydroxyl groups excluding tert-OH is 2. The van der Waals surface area contributed by atoms with Crippen LogP contribution in [0.2, 0.25) is 0 Å². The normalized spacial score (nSPS) is 24.9. The lowest BCUT2D eigenvalue weighted by atomic mass is 9.58. The largest absolute Gasteiger partial charge is 0.510 e. The number of nitrogens with zero attached hydrogens (tertiary/aromatic N) is 3. The third kappa shape index (κ3) is 4.64. The number of carbonyl (C=O) groups excluding carboxylic acids is 3. The minimum Gasteiger partial charge on any atom is -0.510 e. The highest BCUT2D eigenvalue weighted by Crippen LogP contribution is 2.53. The van der Waals surface area contributed by atoms with Crippen LogP contribution in [-0.2, 0) is 29.1 Å². The average molecular weight is 609 g/mol. The summed E-state index contributed by atoms with van der Waals surface area (Å²) in [6.07, 6.45) is 0.188. The average Bonchev–Trinajstić information content (AvgIpc) is 2.93. The molecule has 4 atom stereocenters. The van der Waals surface area contributed by atoms with Crippen LogP contribution in [0.4, 0.5) is 10.1 Å². The van der Waals surface area contributed by atoms with Gasteiger partial charge in [0, 0.05) is 55.5 Å². The third-order valence-corrected chi connectivity index (χ3v) is 9.10. The van der Waals surface area contributed by atoms with E-state index in [1.54, 1.807) is 69.3 Å². The van der Waals surface area contributed by atoms with E-state index < -0.39 is 58.0 Å². The van der Waals surface area contributed by atoms with Crippen LogP contribution in [0.3, 0.4) is 0 Å². The number of ketones is 2. The fraction of sp³-hybridized carbons (Fsp3) is 0.406. The summed E-state index contributed by atoms with van der Waals surface area (Å²) in [7, 11) is 8.50. The topological polar surface area (TPSA) is 168 Å². The number of anilines is 1. The third-order valence-electron chi connectivity index (χ3n) is 9.10. The maximum Gasteiger partial charge on any atom is 0.255 e. The fourth-order valence-corrected chi connectivity index (χ4v) is 7.14. The molecule has 2 aromatic rings. The lowest BCUT2D eigenvalue weighted by Crippen LogP contribution is -2.63. The molecule has 3 aliphatic carbocycles. The van der Waals surface area contributed by atoms with Crippen LogP contribution >= 0.6 is 0 Å². The Kier molecular flexibility index (Phi) is 7.81. The van der Waals surface area contributed by atoms with E-state index >= 15 is 0 Å². The van der Waals surface area contributed by atoms with Gasteiger partial charge < -0.3 is 31.1 Å². The number of nitrogens with two attached hydrogens (primary N) is 1. The minimum atomic E-state index is -2.71. The number of carbonyl (C=O) groups is 3. The summed E-state index contributed by atoms with van der Waals surface area (Å²) < 4.78 is 14.3. The van der Waals surface area contributed by atoms with Gasteiger partial charge in [0.05, 0.1) is 11.6 Å². The van der Waals surface area contributed by atoms with Crippen LogP contribution in [0.5, 0.6) is 5.75 Å². The lowest BCUT2D eigenvalue weighted by Gasteiger charge is -2.50. The number of amides is 1. The van der Waals surface area contributed by atoms with Crippen LogP contribution in [0.25, 0.3) is 0 Å². The number of aliphatic hydroxyl groups is 3. The Bertz CT molecular complexity index is 1650. The quantitative estimate of drug-likeness (QED) is 0.293. The number of aromatic hydroxyl groups is 1. The molecule has 11 nitrogen and oxygen atoms in total. The molecule has 12 heteroatoms. The first-order valence-corrected chi connectivity index (χ1v) is 14.2. The predicted molar refractivity (Wildman–Crippen MR) is 160 cm³/mol. The second kappa shape index (κ2) is 11.0. The molecular weight excluding hydrogens is 571 g/mol. The zero-order valence-electron chi connectivity index (χ0n) is 25.3. The van der Waals surface area contributed by atoms with Crippen molar-refractivity contribution in [3.05, 3.63) is 81.1 Å². The van der Waals surface area contributed by atoms with Gasteiger partial charge in [-0.05, 0) is 57.6 Å². The van der Waals surface area contributed by atoms with E-state index in [0.29, 0.717) is 22.4 Å². The zero-order valence-corrected chi connectivity index (χ0v) is 25.3. The highest BCUT2D eigenvalue weighted by Gasteiger charge is 2.63. The predicted octanol–water partition coefficient (Wildman–Crippen LogP) is 1.96. The van der Waals surface area contributed by atoms with Gasteiger partial charge in [0.15, 0.2) is 11.4 Å². The van der Waals surface area contributed by atoms with Crippen LogP contribution in [0.15, 0.2) is 53.0 Å². The molecule has 0 bridgehead atoms. The van der Waals surface area contributed by atoms with Gasteiger partial charge in [-0.3, -0.25) is 24.2 Å². The van der Waals surface area contributed by atoms with Crippen LogP contribution in [0.1, 0.15) is 33.5 Å². The molecule has 0 heterocycles. The van der Waals surface area contributed by atoms with Gasteiger partial charge in [-0.1, -0.05) is 18.2 Å². The second-order valence-electron chi connectivity index (χ2n) is 12.4. The molecule has 0 saturated carbocycles. The van der Waals surface area contributed by atoms with E-state index in [2.05, 4.69) is 0 Å². The van der Waals surface area contributed by atoms with Crippen LogP contribution < -0.4 is 10.6 Å². The molecule has 3 aliphatic rings. The number of allylic oxidation sites excluding steroid dienone is 1. The second-order valence-corrected chi connectivity index (χ2v) is 12.4. The summed E-state index contributed by atoms with van der Waals surface area (Å²) in [6.45, 7) is 0.381. The Hall–Kier alpha value is -4.26. The first kappa shape index (κ1) is 31.2. The SMILES string of the molecule is CN(Cc1ccccc1F)Cc1cc(N(C)C)c2c(c1O)C(=O)C1=C(O)[C@]3(O)C(=O)C(C(N)=O)=C(O)[C@@H](N(C)C)[C@@H]3C[C@@H]1C2. The fourth-order valence-electron chi connectivity index (χ4n) is 7.14. The first-order chi connectivity index (χ1) is 20.6. The van der Waals surface area contributed by atoms with Gasteiger partial charge in [-0.15, -0.1) is 0 Å². The van der Waals surface area contributed by atoms with Gasteiger partial charge >= 0.3 is 0 Å². The Morgan fingerprint density at radius 3 is 2.27 bits per heavy atom. The van der Waals surface area contributed by atoms with E-state index in [1.165, 1.54) is 11.0 Å². The number of phenols is 1. The number of fused-ring (bicyclic) bond motifs is 3. The molecule has 0 saturated heterocycles. The van der Waals surface area contributed by atoms with E-state index in [9.17, 15) is 39.2 Å². The van der Waals surface area contributed by atoms with Crippen LogP contribution in [0, 0.1) is 17.7 Å². The maximum atomic E-state index is 14.3. The van der Waals surface area contributed by atoms with Crippen molar-refractivity contribution in [3.63, 3.8) is 0 Å². The van der Waals surface area contributed by atoms with E-state index in [-0.39, 0.29) is 48.6 Å². The van der Waals surface area contributed by atoms with Crippen molar-refractivity contribution in [3.8, 4) is 5.75 Å². The number of phenolic OH excluding ortho intramolecular Hbond substituents is 1. The number of rotatable bonds is 7. The van der Waals surface area contributed by atoms with Crippen molar-refractivity contribution in [2.24, 2.45) is 17.6 Å². The number of likely N-dealkylation sites (N-methyl/N-ethyl adjacent to an activating group) is 1. The molecule has 2 aromatic carbocycles. The van der Waals surface area contributed by atoms with Crippen molar-refractivity contribution in [1.29, 1.82) is 0 Å². The molecule has 234 valence electrons. The molecular formula is C32H37FN4O7. The van der Waals surface area contributed by atoms with Gasteiger partial charge in [-0.2, -0.15) is 0 Å². The Labute approximate surface area is 254 Å². The number of halogens is 1. The summed E-state index contributed by atoms with van der Waals surface area (Å²) in [5.41, 5.74) is 3.60. The van der Waals surface area contributed by atoms with Gasteiger partial charge in [-0.25, -0.2) is 4.39 Å². The molecule has 44 heavy (non-hydrogen) atoms. The molecule has 5 rings (SSSR count). The van der Waals surface area contributed by atoms with Crippen molar-refractivity contribution < 1.29 is 39.2 Å². The summed E-state index contributed by atoms with van der Waals surface area (Å²) in [5.74, 6) is -7.30. The van der Waals surface area contributed by atoms with Gasteiger partial charge in [0.25, 0.3) is 5.91 Å². The Balaban J connectivity index is 1.62. The Morgan fingerprint density at radius 2 is 1.68 bits per heavy atom. The molecule has 0 unspecified atom stereocenters. The van der Waals surface area contributed by atoms with Crippen molar-refractivity contribution in [2.75, 3.05) is 40.1 Å². The van der Waals surface area contributed by atoms with Crippen molar-refractivity contribution >= 4 is 23.2 Å². The van der Waals surface area contributed by atoms with Gasteiger partial charge in [0.2, 0.25) is 5.78 Å². The number of primary amides is 1. The minimum absolute atomic E-state index is 0.00647. The van der Waals surface area contributed by atoms with Gasteiger partial charge in [0.1, 0.15) is 28.7 Å². The zero-order chi connectivity index (χ0) is 32.4. The van der Waals surface area contributed by atoms with Crippen molar-refractivity contribution in [2.45, 2.75) is 37.6 Å². The highest BCUT2D eigenvalue weighted by atomic mass is 19.1. The van der Waals surface area contributed by atoms with E-state index in [0.717, 1.165) is 0 Å². The molecule has 0 spiro atoms. The monoisotopic (exact) mass is 608 g/mol. The summed E-state index contributed by atoms with van der Waals surface area (Å²) in [5, 5.41) is 45.8. The molecule has 0 aliphatic heterocycles. The highest BCUT2D eigenvalue weighted by molar-refractivity contribution is 6.25. The molecule has 1 amide bonds. The molecule has 0 radical (unpaired) electrons. The summed E-state index contributed by atoms with van der Waals surface area (Å²) in [6, 6.07) is 7.06. The van der Waals surface area contributed by atoms with Crippen molar-refractivity contribution in [1.82, 2.24) is 9.80 Å². The summed E-state index contributed by atoms with van der Waals surface area (Å²) in [4.78, 5) is 45.0. The standard InChI is InChI=1S/C32H37FN4O7/c1-35(2)21-12-17(14-37(5)13-15-8-6-7-9-20(15)33)26(38)23-18(21)10-16-11-19-25(36(3)4)28(40)24(31(34)43)30(42)32(19,44)29(41)22(16)27(23)39/h6-9,12,16,19,25,38,40-41,44H,10-11,13-14H2,1-5H3,(H2,34,43)/t16-,19-,25-,32-/m0/s1. The lowest BCUT2D eigenvalue weighted by molar-refractivity contribution is -0.148. The maximum absolute atomic E-state index is 14.3. The molecule has 6 N–H and O–H groups in total. The number of Topliss-reactive ketones (excluding diaryl/α,β-unsaturated/α-hetero) is 2. The smallest absolute Gasteiger partial charge is 0.255 e. The van der Waals surface area contributed by atoms with E-state index in [4.69, 9.17) is 5.73 Å². The number of benzene rings is 2. The number of hydrogen-bond donors (Lipinski definition) is 5. The summed E-state index contributed by atoms with van der Waals surface area (Å²) >= 11 is 0. The first-order valence-electron chi connectivity index (χ1n) is 14.2. The van der Waals surface area contributed by atoms with Crippen LogP contribution in [-0.4, -0.2) is 94.6 Å². The molecule has 0 fully saturated rings. The Morgan fingerprint density at radius 1 is 1.05 bits per heavy atom. The van der Waals surface area contributed by atoms with E-state index in [1.807, 2.05) is 0 Å². The number of hydrogen-bond acceptors (Lipinski definition) is 10.